The Morgan fingerprint density at radius 2 is 2.25 bits per heavy atom. The van der Waals surface area contributed by atoms with Gasteiger partial charge in [0.2, 0.25) is 0 Å². The first-order chi connectivity index (χ1) is 9.66. The molecule has 1 atom stereocenters. The van der Waals surface area contributed by atoms with Gasteiger partial charge in [-0.1, -0.05) is 30.4 Å². The van der Waals surface area contributed by atoms with Gasteiger partial charge >= 0.3 is 0 Å². The van der Waals surface area contributed by atoms with E-state index < -0.39 is 0 Å². The minimum absolute atomic E-state index is 0.434. The van der Waals surface area contributed by atoms with E-state index in [9.17, 15) is 0 Å². The summed E-state index contributed by atoms with van der Waals surface area (Å²) in [6.45, 7) is 3.26. The number of fused-ring (bicyclic) bond motifs is 1. The Morgan fingerprint density at radius 1 is 1.45 bits per heavy atom. The lowest BCUT2D eigenvalue weighted by molar-refractivity contribution is 0.691. The van der Waals surface area contributed by atoms with E-state index in [0.717, 1.165) is 40.3 Å². The summed E-state index contributed by atoms with van der Waals surface area (Å²) in [7, 11) is 0. The second kappa shape index (κ2) is 5.58. The number of thioether (sulfide) groups is 1. The Kier molecular flexibility index (Phi) is 3.81. The average molecular weight is 303 g/mol. The first-order valence-corrected chi connectivity index (χ1v) is 8.27. The SMILES string of the molecule is CC1CSCCN1c1cc(C(N)=S)c2ccccc2n1. The van der Waals surface area contributed by atoms with Crippen molar-refractivity contribution < 1.29 is 0 Å². The predicted molar refractivity (Wildman–Crippen MR) is 91.8 cm³/mol. The fourth-order valence-corrected chi connectivity index (χ4v) is 3.76. The Bertz CT molecular complexity index is 657. The summed E-state index contributed by atoms with van der Waals surface area (Å²) in [5, 5.41) is 1.03. The normalized spacial score (nSPS) is 19.2. The maximum absolute atomic E-state index is 5.89. The molecule has 104 valence electrons. The molecule has 1 aromatic heterocycles. The first kappa shape index (κ1) is 13.6. The van der Waals surface area contributed by atoms with Crippen LogP contribution in [0.1, 0.15) is 12.5 Å². The highest BCUT2D eigenvalue weighted by atomic mass is 32.2. The Morgan fingerprint density at radius 3 is 3.00 bits per heavy atom. The molecule has 1 aliphatic heterocycles. The van der Waals surface area contributed by atoms with Gasteiger partial charge in [-0.15, -0.1) is 0 Å². The zero-order chi connectivity index (χ0) is 14.1. The van der Waals surface area contributed by atoms with Gasteiger partial charge in [0.25, 0.3) is 0 Å². The second-order valence-corrected chi connectivity index (χ2v) is 6.62. The number of thiocarbonyl (C=S) groups is 1. The number of pyridine rings is 1. The molecule has 0 aliphatic carbocycles. The number of hydrogen-bond donors (Lipinski definition) is 1. The summed E-state index contributed by atoms with van der Waals surface area (Å²) in [5.41, 5.74) is 7.77. The van der Waals surface area contributed by atoms with Gasteiger partial charge in [-0.3, -0.25) is 0 Å². The minimum atomic E-state index is 0.434. The molecule has 1 aromatic carbocycles. The fourth-order valence-electron chi connectivity index (χ4n) is 2.58. The van der Waals surface area contributed by atoms with Crippen LogP contribution in [-0.4, -0.2) is 34.1 Å². The van der Waals surface area contributed by atoms with Crippen molar-refractivity contribution in [3.8, 4) is 0 Å². The van der Waals surface area contributed by atoms with Gasteiger partial charge in [0.1, 0.15) is 10.8 Å². The zero-order valence-corrected chi connectivity index (χ0v) is 13.0. The highest BCUT2D eigenvalue weighted by molar-refractivity contribution is 7.99. The monoisotopic (exact) mass is 303 g/mol. The van der Waals surface area contributed by atoms with Crippen LogP contribution >= 0.6 is 24.0 Å². The van der Waals surface area contributed by atoms with Crippen LogP contribution in [0, 0.1) is 0 Å². The number of nitrogens with two attached hydrogens (primary N) is 1. The molecular formula is C15H17N3S2. The van der Waals surface area contributed by atoms with E-state index >= 15 is 0 Å². The van der Waals surface area contributed by atoms with Gasteiger partial charge in [-0.2, -0.15) is 11.8 Å². The molecule has 2 aromatic rings. The molecule has 20 heavy (non-hydrogen) atoms. The summed E-state index contributed by atoms with van der Waals surface area (Å²) in [6.07, 6.45) is 0. The smallest absolute Gasteiger partial charge is 0.130 e. The molecule has 3 nitrogen and oxygen atoms in total. The third-order valence-electron chi connectivity index (χ3n) is 3.63. The Balaban J connectivity index is 2.14. The molecule has 2 N–H and O–H groups in total. The molecule has 0 bridgehead atoms. The van der Waals surface area contributed by atoms with Crippen molar-refractivity contribution in [3.63, 3.8) is 0 Å². The van der Waals surface area contributed by atoms with Crippen molar-refractivity contribution in [1.29, 1.82) is 0 Å². The van der Waals surface area contributed by atoms with Crippen LogP contribution in [0.5, 0.6) is 0 Å². The van der Waals surface area contributed by atoms with Gasteiger partial charge in [-0.05, 0) is 19.1 Å². The number of hydrogen-bond acceptors (Lipinski definition) is 4. The lowest BCUT2D eigenvalue weighted by Gasteiger charge is -2.34. The zero-order valence-electron chi connectivity index (χ0n) is 11.4. The average Bonchev–Trinajstić information content (AvgIpc) is 2.46. The molecule has 1 aliphatic rings. The summed E-state index contributed by atoms with van der Waals surface area (Å²) < 4.78 is 0. The molecule has 1 unspecified atom stereocenters. The Hall–Kier alpha value is -1.33. The molecule has 0 radical (unpaired) electrons. The fraction of sp³-hybridized carbons (Fsp3) is 0.333. The summed E-state index contributed by atoms with van der Waals surface area (Å²) in [5.74, 6) is 3.26. The first-order valence-electron chi connectivity index (χ1n) is 6.71. The van der Waals surface area contributed by atoms with Crippen molar-refractivity contribution in [2.45, 2.75) is 13.0 Å². The van der Waals surface area contributed by atoms with Gasteiger partial charge in [0, 0.05) is 35.0 Å². The van der Waals surface area contributed by atoms with Crippen LogP contribution in [0.15, 0.2) is 30.3 Å². The molecule has 1 fully saturated rings. The van der Waals surface area contributed by atoms with E-state index in [2.05, 4.69) is 11.8 Å². The van der Waals surface area contributed by atoms with Crippen LogP contribution in [-0.2, 0) is 0 Å². The minimum Gasteiger partial charge on any atom is -0.389 e. The highest BCUT2D eigenvalue weighted by Gasteiger charge is 2.21. The van der Waals surface area contributed by atoms with E-state index in [-0.39, 0.29) is 0 Å². The number of rotatable bonds is 2. The molecule has 2 heterocycles. The molecule has 5 heteroatoms. The Labute approximate surface area is 128 Å². The quantitative estimate of drug-likeness (QED) is 0.864. The molecule has 0 amide bonds. The van der Waals surface area contributed by atoms with Crippen LogP contribution < -0.4 is 10.6 Å². The van der Waals surface area contributed by atoms with Gasteiger partial charge in [0.15, 0.2) is 0 Å². The van der Waals surface area contributed by atoms with Crippen molar-refractivity contribution in [2.75, 3.05) is 23.0 Å². The van der Waals surface area contributed by atoms with Gasteiger partial charge < -0.3 is 10.6 Å². The standard InChI is InChI=1S/C15H17N3S2/c1-10-9-20-7-6-18(10)14-8-12(15(16)19)11-4-2-3-5-13(11)17-14/h2-5,8,10H,6-7,9H2,1H3,(H2,16,19). The number of para-hydroxylation sites is 1. The summed E-state index contributed by atoms with van der Waals surface area (Å²) >= 11 is 7.20. The van der Waals surface area contributed by atoms with Gasteiger partial charge in [-0.25, -0.2) is 4.98 Å². The maximum atomic E-state index is 5.89. The van der Waals surface area contributed by atoms with Crippen LogP contribution in [0.2, 0.25) is 0 Å². The summed E-state index contributed by atoms with van der Waals surface area (Å²) in [6, 6.07) is 10.6. The highest BCUT2D eigenvalue weighted by Crippen LogP contribution is 2.27. The van der Waals surface area contributed by atoms with Crippen molar-refractivity contribution in [1.82, 2.24) is 4.98 Å². The van der Waals surface area contributed by atoms with Crippen molar-refractivity contribution in [3.05, 3.63) is 35.9 Å². The summed E-state index contributed by atoms with van der Waals surface area (Å²) in [4.78, 5) is 7.58. The topological polar surface area (TPSA) is 42.1 Å². The third kappa shape index (κ3) is 2.47. The lowest BCUT2D eigenvalue weighted by atomic mass is 10.1. The number of aromatic nitrogens is 1. The molecular weight excluding hydrogens is 286 g/mol. The van der Waals surface area contributed by atoms with Crippen molar-refractivity contribution in [2.24, 2.45) is 5.73 Å². The number of benzene rings is 1. The van der Waals surface area contributed by atoms with E-state index in [0.29, 0.717) is 11.0 Å². The molecule has 1 saturated heterocycles. The van der Waals surface area contributed by atoms with Crippen molar-refractivity contribution >= 4 is 45.7 Å². The van der Waals surface area contributed by atoms with E-state index in [1.807, 2.05) is 42.1 Å². The van der Waals surface area contributed by atoms with Gasteiger partial charge in [0.05, 0.1) is 5.52 Å². The lowest BCUT2D eigenvalue weighted by Crippen LogP contribution is -2.41. The van der Waals surface area contributed by atoms with E-state index in [1.165, 1.54) is 0 Å². The molecule has 0 spiro atoms. The van der Waals surface area contributed by atoms with Crippen LogP contribution in [0.25, 0.3) is 10.9 Å². The predicted octanol–water partition coefficient (Wildman–Crippen LogP) is 2.81. The molecule has 3 rings (SSSR count). The number of anilines is 1. The third-order valence-corrected chi connectivity index (χ3v) is 5.04. The molecule has 0 saturated carbocycles. The van der Waals surface area contributed by atoms with Crippen LogP contribution in [0.4, 0.5) is 5.82 Å². The van der Waals surface area contributed by atoms with E-state index in [4.69, 9.17) is 22.9 Å². The largest absolute Gasteiger partial charge is 0.389 e. The second-order valence-electron chi connectivity index (χ2n) is 5.03. The van der Waals surface area contributed by atoms with E-state index in [1.54, 1.807) is 0 Å². The number of nitrogens with zero attached hydrogens (tertiary/aromatic N) is 2. The van der Waals surface area contributed by atoms with Crippen LogP contribution in [0.3, 0.4) is 0 Å². The maximum Gasteiger partial charge on any atom is 0.130 e.